The fourth-order valence-corrected chi connectivity index (χ4v) is 5.29. The minimum atomic E-state index is -3.75. The number of morpholine rings is 2. The number of hydrogen-bond acceptors (Lipinski definition) is 7. The van der Waals surface area contributed by atoms with Crippen molar-refractivity contribution in [3.63, 3.8) is 0 Å². The molecule has 0 bridgehead atoms. The molecule has 0 aromatic heterocycles. The van der Waals surface area contributed by atoms with Crippen molar-refractivity contribution in [2.24, 2.45) is 0 Å². The summed E-state index contributed by atoms with van der Waals surface area (Å²) in [6.45, 7) is 6.82. The maximum atomic E-state index is 13.0. The zero-order valence-electron chi connectivity index (χ0n) is 17.1. The summed E-state index contributed by atoms with van der Waals surface area (Å²) in [5.74, 6) is 0.0384. The molecule has 3 rings (SSSR count). The minimum Gasteiger partial charge on any atom is -0.495 e. The van der Waals surface area contributed by atoms with Crippen LogP contribution >= 0.6 is 0 Å². The van der Waals surface area contributed by atoms with Crippen molar-refractivity contribution in [2.75, 3.05) is 58.4 Å². The Kier molecular flexibility index (Phi) is 7.12. The van der Waals surface area contributed by atoms with E-state index in [2.05, 4.69) is 5.32 Å². The Morgan fingerprint density at radius 2 is 1.86 bits per heavy atom. The number of carbonyl (C=O) groups excluding carboxylic acids is 1. The van der Waals surface area contributed by atoms with E-state index in [4.69, 9.17) is 14.2 Å². The van der Waals surface area contributed by atoms with Crippen molar-refractivity contribution < 1.29 is 27.4 Å². The quantitative estimate of drug-likeness (QED) is 0.716. The predicted molar refractivity (Wildman–Crippen MR) is 108 cm³/mol. The van der Waals surface area contributed by atoms with Crippen molar-refractivity contribution in [2.45, 2.75) is 31.0 Å². The number of nitrogens with one attached hydrogen (secondary N) is 1. The number of carbonyl (C=O) groups is 1. The molecule has 2 aliphatic heterocycles. The Hall–Kier alpha value is -1.72. The molecule has 2 aliphatic rings. The second-order valence-electron chi connectivity index (χ2n) is 7.38. The van der Waals surface area contributed by atoms with Gasteiger partial charge in [-0.05, 0) is 32.0 Å². The van der Waals surface area contributed by atoms with Crippen LogP contribution in [-0.2, 0) is 24.3 Å². The zero-order chi connectivity index (χ0) is 21.0. The monoisotopic (exact) mass is 427 g/mol. The first kappa shape index (κ1) is 22.0. The summed E-state index contributed by atoms with van der Waals surface area (Å²) in [4.78, 5) is 14.6. The molecule has 0 unspecified atom stereocenters. The first-order valence-electron chi connectivity index (χ1n) is 9.73. The number of ether oxygens (including phenoxy) is 3. The molecule has 10 heteroatoms. The Labute approximate surface area is 171 Å². The Bertz CT molecular complexity index is 815. The van der Waals surface area contributed by atoms with Gasteiger partial charge in [0.25, 0.3) is 0 Å². The van der Waals surface area contributed by atoms with Gasteiger partial charge >= 0.3 is 0 Å². The number of methoxy groups -OCH3 is 1. The van der Waals surface area contributed by atoms with Gasteiger partial charge in [0.2, 0.25) is 15.9 Å². The SMILES string of the molecule is COc1ccc(NC(=O)CN2C[C@H](C)O[C@@H](C)C2)cc1S(=O)(=O)N1CCOCC1. The number of sulfonamides is 1. The van der Waals surface area contributed by atoms with E-state index in [0.717, 1.165) is 0 Å². The molecule has 0 aliphatic carbocycles. The molecule has 1 amide bonds. The molecule has 0 radical (unpaired) electrons. The average Bonchev–Trinajstić information content (AvgIpc) is 2.67. The van der Waals surface area contributed by atoms with Crippen LogP contribution < -0.4 is 10.1 Å². The maximum absolute atomic E-state index is 13.0. The van der Waals surface area contributed by atoms with Crippen LogP contribution in [0.1, 0.15) is 13.8 Å². The minimum absolute atomic E-state index is 0.0355. The van der Waals surface area contributed by atoms with Crippen molar-refractivity contribution in [3.8, 4) is 5.75 Å². The van der Waals surface area contributed by atoms with Crippen molar-refractivity contribution in [3.05, 3.63) is 18.2 Å². The van der Waals surface area contributed by atoms with E-state index in [1.54, 1.807) is 12.1 Å². The van der Waals surface area contributed by atoms with Gasteiger partial charge in [-0.3, -0.25) is 9.69 Å². The number of hydrogen-bond donors (Lipinski definition) is 1. The van der Waals surface area contributed by atoms with Crippen LogP contribution in [0.4, 0.5) is 5.69 Å². The molecular weight excluding hydrogens is 398 g/mol. The van der Waals surface area contributed by atoms with Crippen LogP contribution in [0, 0.1) is 0 Å². The first-order valence-corrected chi connectivity index (χ1v) is 11.2. The topological polar surface area (TPSA) is 97.4 Å². The van der Waals surface area contributed by atoms with Crippen molar-refractivity contribution >= 4 is 21.6 Å². The molecular formula is C19H29N3O6S. The van der Waals surface area contributed by atoms with Gasteiger partial charge in [-0.25, -0.2) is 8.42 Å². The molecule has 2 fully saturated rings. The second kappa shape index (κ2) is 9.40. The number of nitrogens with zero attached hydrogens (tertiary/aromatic N) is 2. The van der Waals surface area contributed by atoms with Gasteiger partial charge in [0.1, 0.15) is 10.6 Å². The van der Waals surface area contributed by atoms with Gasteiger partial charge in [0.15, 0.2) is 0 Å². The second-order valence-corrected chi connectivity index (χ2v) is 9.29. The third-order valence-corrected chi connectivity index (χ3v) is 6.82. The lowest BCUT2D eigenvalue weighted by molar-refractivity contribution is -0.121. The van der Waals surface area contributed by atoms with Gasteiger partial charge < -0.3 is 19.5 Å². The predicted octanol–water partition coefficient (Wildman–Crippen LogP) is 0.764. The largest absolute Gasteiger partial charge is 0.495 e. The van der Waals surface area contributed by atoms with E-state index in [1.807, 2.05) is 18.7 Å². The van der Waals surface area contributed by atoms with Crippen LogP contribution in [0.25, 0.3) is 0 Å². The van der Waals surface area contributed by atoms with Crippen molar-refractivity contribution in [1.29, 1.82) is 0 Å². The van der Waals surface area contributed by atoms with Crippen LogP contribution in [-0.4, -0.2) is 88.8 Å². The smallest absolute Gasteiger partial charge is 0.246 e. The normalized spacial score (nSPS) is 24.2. The van der Waals surface area contributed by atoms with Gasteiger partial charge in [-0.15, -0.1) is 0 Å². The molecule has 2 saturated heterocycles. The van der Waals surface area contributed by atoms with E-state index in [9.17, 15) is 13.2 Å². The first-order chi connectivity index (χ1) is 13.8. The van der Waals surface area contributed by atoms with Crippen LogP contribution in [0.2, 0.25) is 0 Å². The lowest BCUT2D eigenvalue weighted by atomic mass is 10.2. The summed E-state index contributed by atoms with van der Waals surface area (Å²) in [5.41, 5.74) is 0.414. The number of anilines is 1. The molecule has 0 saturated carbocycles. The molecule has 0 spiro atoms. The number of benzene rings is 1. The Morgan fingerprint density at radius 1 is 1.21 bits per heavy atom. The van der Waals surface area contributed by atoms with Gasteiger partial charge in [0, 0.05) is 31.9 Å². The molecule has 1 aromatic rings. The summed E-state index contributed by atoms with van der Waals surface area (Å²) in [5, 5.41) is 2.80. The molecule has 162 valence electrons. The summed E-state index contributed by atoms with van der Waals surface area (Å²) in [7, 11) is -2.33. The highest BCUT2D eigenvalue weighted by atomic mass is 32.2. The van der Waals surface area contributed by atoms with Crippen molar-refractivity contribution in [1.82, 2.24) is 9.21 Å². The fourth-order valence-electron chi connectivity index (χ4n) is 3.70. The third kappa shape index (κ3) is 5.46. The number of rotatable bonds is 6. The molecule has 9 nitrogen and oxygen atoms in total. The molecule has 29 heavy (non-hydrogen) atoms. The summed E-state index contributed by atoms with van der Waals surface area (Å²) in [6.07, 6.45) is 0.135. The summed E-state index contributed by atoms with van der Waals surface area (Å²) < 4.78 is 43.7. The third-order valence-electron chi connectivity index (χ3n) is 4.90. The molecule has 2 heterocycles. The molecule has 1 aromatic carbocycles. The Balaban J connectivity index is 1.73. The standard InChI is InChI=1S/C19H29N3O6S/c1-14-11-21(12-15(2)28-14)13-19(23)20-16-4-5-17(26-3)18(10-16)29(24,25)22-6-8-27-9-7-22/h4-5,10,14-15H,6-9,11-13H2,1-3H3,(H,20,23)/t14-,15-/m0/s1. The van der Waals surface area contributed by atoms with Gasteiger partial charge in [-0.1, -0.05) is 0 Å². The highest BCUT2D eigenvalue weighted by Crippen LogP contribution is 2.30. The molecule has 2 atom stereocenters. The van der Waals surface area contributed by atoms with Crippen LogP contribution in [0.5, 0.6) is 5.75 Å². The van der Waals surface area contributed by atoms with Gasteiger partial charge in [0.05, 0.1) is 39.1 Å². The zero-order valence-corrected chi connectivity index (χ0v) is 17.9. The molecule has 1 N–H and O–H groups in total. The van der Waals surface area contributed by atoms with E-state index in [0.29, 0.717) is 32.0 Å². The summed E-state index contributed by atoms with van der Waals surface area (Å²) in [6, 6.07) is 4.65. The van der Waals surface area contributed by atoms with Crippen LogP contribution in [0.15, 0.2) is 23.1 Å². The fraction of sp³-hybridized carbons (Fsp3) is 0.632. The van der Waals surface area contributed by atoms with E-state index < -0.39 is 10.0 Å². The maximum Gasteiger partial charge on any atom is 0.246 e. The van der Waals surface area contributed by atoms with Gasteiger partial charge in [-0.2, -0.15) is 4.31 Å². The summed E-state index contributed by atoms with van der Waals surface area (Å²) >= 11 is 0. The average molecular weight is 428 g/mol. The highest BCUT2D eigenvalue weighted by Gasteiger charge is 2.30. The number of amides is 1. The van der Waals surface area contributed by atoms with E-state index in [-0.39, 0.29) is 48.4 Å². The lowest BCUT2D eigenvalue weighted by Crippen LogP contribution is -2.48. The van der Waals surface area contributed by atoms with E-state index in [1.165, 1.54) is 17.5 Å². The Morgan fingerprint density at radius 3 is 2.48 bits per heavy atom. The van der Waals surface area contributed by atoms with E-state index >= 15 is 0 Å². The van der Waals surface area contributed by atoms with Crippen LogP contribution in [0.3, 0.4) is 0 Å². The highest BCUT2D eigenvalue weighted by molar-refractivity contribution is 7.89. The lowest BCUT2D eigenvalue weighted by Gasteiger charge is -2.34.